The molecule has 2 rings (SSSR count). The van der Waals surface area contributed by atoms with E-state index >= 15 is 0 Å². The van der Waals surface area contributed by atoms with Crippen LogP contribution in [0.2, 0.25) is 0 Å². The third-order valence-corrected chi connectivity index (χ3v) is 3.62. The van der Waals surface area contributed by atoms with Crippen molar-refractivity contribution in [3.05, 3.63) is 71.8 Å². The number of allylic oxidation sites excluding steroid dienone is 1. The Morgan fingerprint density at radius 1 is 1.09 bits per heavy atom. The van der Waals surface area contributed by atoms with Crippen LogP contribution in [0.25, 0.3) is 5.57 Å². The molecular formula is C20H21NO. The van der Waals surface area contributed by atoms with Crippen LogP contribution in [0.4, 0.5) is 0 Å². The van der Waals surface area contributed by atoms with Crippen LogP contribution in [0.5, 0.6) is 5.75 Å². The van der Waals surface area contributed by atoms with E-state index < -0.39 is 0 Å². The molecule has 0 saturated carbocycles. The predicted octanol–water partition coefficient (Wildman–Crippen LogP) is 5.07. The first-order valence-electron chi connectivity index (χ1n) is 7.59. The lowest BCUT2D eigenvalue weighted by atomic mass is 9.92. The summed E-state index contributed by atoms with van der Waals surface area (Å²) >= 11 is 0. The van der Waals surface area contributed by atoms with E-state index in [1.54, 1.807) is 7.11 Å². The minimum absolute atomic E-state index is 0.0673. The van der Waals surface area contributed by atoms with E-state index in [1.807, 2.05) is 42.5 Å². The van der Waals surface area contributed by atoms with Crippen molar-refractivity contribution in [1.29, 1.82) is 5.26 Å². The van der Waals surface area contributed by atoms with Gasteiger partial charge >= 0.3 is 0 Å². The second-order valence-electron chi connectivity index (χ2n) is 5.20. The summed E-state index contributed by atoms with van der Waals surface area (Å²) in [6.45, 7) is 2.10. The minimum atomic E-state index is -0.0673. The molecule has 22 heavy (non-hydrogen) atoms. The minimum Gasteiger partial charge on any atom is -0.497 e. The van der Waals surface area contributed by atoms with Crippen molar-refractivity contribution in [2.24, 2.45) is 5.92 Å². The Balaban J connectivity index is 2.45. The second kappa shape index (κ2) is 8.05. The molecule has 0 radical (unpaired) electrons. The van der Waals surface area contributed by atoms with Gasteiger partial charge in [0.15, 0.2) is 0 Å². The fraction of sp³-hybridized carbons (Fsp3) is 0.250. The highest BCUT2D eigenvalue weighted by molar-refractivity contribution is 5.80. The van der Waals surface area contributed by atoms with Crippen LogP contribution in [0.3, 0.4) is 0 Å². The molecule has 1 unspecified atom stereocenters. The van der Waals surface area contributed by atoms with E-state index in [4.69, 9.17) is 4.74 Å². The Labute approximate surface area is 132 Å². The van der Waals surface area contributed by atoms with Gasteiger partial charge in [-0.05, 0) is 35.3 Å². The summed E-state index contributed by atoms with van der Waals surface area (Å²) in [7, 11) is 1.66. The van der Waals surface area contributed by atoms with Crippen molar-refractivity contribution in [3.63, 3.8) is 0 Å². The summed E-state index contributed by atoms with van der Waals surface area (Å²) < 4.78 is 5.22. The van der Waals surface area contributed by atoms with Crippen LogP contribution >= 0.6 is 0 Å². The van der Waals surface area contributed by atoms with Crippen LogP contribution in [-0.2, 0) is 0 Å². The van der Waals surface area contributed by atoms with Gasteiger partial charge in [-0.25, -0.2) is 0 Å². The number of hydrogen-bond donors (Lipinski definition) is 0. The molecule has 0 aliphatic heterocycles. The van der Waals surface area contributed by atoms with E-state index in [0.29, 0.717) is 0 Å². The lowest BCUT2D eigenvalue weighted by Crippen LogP contribution is -1.96. The van der Waals surface area contributed by atoms with Gasteiger partial charge in [-0.3, -0.25) is 0 Å². The number of nitriles is 1. The smallest absolute Gasteiger partial charge is 0.118 e. The summed E-state index contributed by atoms with van der Waals surface area (Å²) in [5.41, 5.74) is 3.33. The lowest BCUT2D eigenvalue weighted by Gasteiger charge is -2.12. The molecule has 0 bridgehead atoms. The molecule has 1 atom stereocenters. The van der Waals surface area contributed by atoms with E-state index in [9.17, 15) is 5.26 Å². The van der Waals surface area contributed by atoms with E-state index in [1.165, 1.54) is 0 Å². The van der Waals surface area contributed by atoms with Crippen molar-refractivity contribution in [3.8, 4) is 11.8 Å². The molecule has 0 aliphatic rings. The Hall–Kier alpha value is -2.53. The first-order valence-corrected chi connectivity index (χ1v) is 7.59. The Morgan fingerprint density at radius 2 is 1.73 bits per heavy atom. The molecule has 112 valence electrons. The third kappa shape index (κ3) is 3.99. The molecule has 0 fully saturated rings. The van der Waals surface area contributed by atoms with Gasteiger partial charge in [0.2, 0.25) is 0 Å². The molecule has 0 saturated heterocycles. The molecule has 0 N–H and O–H groups in total. The highest BCUT2D eigenvalue weighted by Crippen LogP contribution is 2.27. The zero-order chi connectivity index (χ0) is 15.8. The van der Waals surface area contributed by atoms with E-state index in [-0.39, 0.29) is 5.92 Å². The predicted molar refractivity (Wildman–Crippen MR) is 90.5 cm³/mol. The molecule has 2 heteroatoms. The summed E-state index contributed by atoms with van der Waals surface area (Å²) in [5.74, 6) is 0.767. The molecule has 0 spiro atoms. The van der Waals surface area contributed by atoms with E-state index in [0.717, 1.165) is 35.3 Å². The summed E-state index contributed by atoms with van der Waals surface area (Å²) in [5, 5.41) is 9.37. The maximum absolute atomic E-state index is 9.37. The molecule has 0 aromatic heterocycles. The molecule has 2 aromatic rings. The molecular weight excluding hydrogens is 270 g/mol. The van der Waals surface area contributed by atoms with Gasteiger partial charge < -0.3 is 4.74 Å². The quantitative estimate of drug-likeness (QED) is 0.744. The van der Waals surface area contributed by atoms with Crippen LogP contribution in [0, 0.1) is 17.2 Å². The number of hydrogen-bond acceptors (Lipinski definition) is 2. The summed E-state index contributed by atoms with van der Waals surface area (Å²) in [6.07, 6.45) is 3.96. The van der Waals surface area contributed by atoms with Gasteiger partial charge in [-0.2, -0.15) is 5.26 Å². The Bertz CT molecular complexity index is 650. The van der Waals surface area contributed by atoms with Gasteiger partial charge in [0.05, 0.1) is 19.1 Å². The van der Waals surface area contributed by atoms with Crippen LogP contribution < -0.4 is 4.74 Å². The van der Waals surface area contributed by atoms with Crippen molar-refractivity contribution < 1.29 is 4.74 Å². The van der Waals surface area contributed by atoms with Gasteiger partial charge in [0.25, 0.3) is 0 Å². The highest BCUT2D eigenvalue weighted by atomic mass is 16.5. The standard InChI is InChI=1S/C20H21NO/c1-3-7-16(15-21)14-20(17-8-5-4-6-9-17)18-10-12-19(22-2)13-11-18/h4-6,8-14,16H,3,7H2,1-2H3/b20-14+. The number of benzene rings is 2. The number of nitrogens with zero attached hydrogens (tertiary/aromatic N) is 1. The summed E-state index contributed by atoms with van der Waals surface area (Å²) in [4.78, 5) is 0. The molecule has 0 amide bonds. The number of methoxy groups -OCH3 is 1. The first kappa shape index (κ1) is 15.9. The second-order valence-corrected chi connectivity index (χ2v) is 5.20. The number of rotatable bonds is 6. The molecule has 0 heterocycles. The normalized spacial score (nSPS) is 12.5. The zero-order valence-corrected chi connectivity index (χ0v) is 13.1. The maximum Gasteiger partial charge on any atom is 0.118 e. The van der Waals surface area contributed by atoms with Crippen molar-refractivity contribution in [1.82, 2.24) is 0 Å². The first-order chi connectivity index (χ1) is 10.8. The highest BCUT2D eigenvalue weighted by Gasteiger charge is 2.09. The summed E-state index contributed by atoms with van der Waals surface area (Å²) in [6, 6.07) is 20.6. The topological polar surface area (TPSA) is 33.0 Å². The molecule has 0 aliphatic carbocycles. The van der Waals surface area contributed by atoms with Crippen molar-refractivity contribution >= 4 is 5.57 Å². The fourth-order valence-corrected chi connectivity index (χ4v) is 2.44. The van der Waals surface area contributed by atoms with Crippen LogP contribution in [-0.4, -0.2) is 7.11 Å². The number of ether oxygens (including phenoxy) is 1. The zero-order valence-electron chi connectivity index (χ0n) is 13.1. The maximum atomic E-state index is 9.37. The van der Waals surface area contributed by atoms with Crippen LogP contribution in [0.15, 0.2) is 60.7 Å². The molecule has 2 aromatic carbocycles. The van der Waals surface area contributed by atoms with Gasteiger partial charge in [0, 0.05) is 0 Å². The monoisotopic (exact) mass is 291 g/mol. The Morgan fingerprint density at radius 3 is 2.27 bits per heavy atom. The SMILES string of the molecule is CCCC(C#N)/C=C(\c1ccccc1)c1ccc(OC)cc1. The average Bonchev–Trinajstić information content (AvgIpc) is 2.59. The van der Waals surface area contributed by atoms with Crippen molar-refractivity contribution in [2.45, 2.75) is 19.8 Å². The van der Waals surface area contributed by atoms with Gasteiger partial charge in [-0.1, -0.05) is 61.9 Å². The van der Waals surface area contributed by atoms with Gasteiger partial charge in [-0.15, -0.1) is 0 Å². The van der Waals surface area contributed by atoms with Gasteiger partial charge in [0.1, 0.15) is 5.75 Å². The largest absolute Gasteiger partial charge is 0.497 e. The lowest BCUT2D eigenvalue weighted by molar-refractivity contribution is 0.415. The third-order valence-electron chi connectivity index (χ3n) is 3.62. The average molecular weight is 291 g/mol. The van der Waals surface area contributed by atoms with E-state index in [2.05, 4.69) is 31.2 Å². The van der Waals surface area contributed by atoms with Crippen LogP contribution in [0.1, 0.15) is 30.9 Å². The molecule has 2 nitrogen and oxygen atoms in total. The van der Waals surface area contributed by atoms with Crippen molar-refractivity contribution in [2.75, 3.05) is 7.11 Å². The fourth-order valence-electron chi connectivity index (χ4n) is 2.44. The Kier molecular flexibility index (Phi) is 5.80.